The van der Waals surface area contributed by atoms with E-state index in [0.29, 0.717) is 0 Å². The molecule has 0 unspecified atom stereocenters. The fourth-order valence-corrected chi connectivity index (χ4v) is 0.874. The Kier molecular flexibility index (Phi) is 7.91. The lowest BCUT2D eigenvalue weighted by molar-refractivity contribution is 0.936. The van der Waals surface area contributed by atoms with Crippen LogP contribution in [0.3, 0.4) is 0 Å². The molecule has 3 N–H and O–H groups in total. The zero-order valence-electron chi connectivity index (χ0n) is 3.99. The Morgan fingerprint density at radius 1 is 1.71 bits per heavy atom. The van der Waals surface area contributed by atoms with Gasteiger partial charge in [-0.3, -0.25) is 4.72 Å². The van der Waals surface area contributed by atoms with Crippen LogP contribution in [0.25, 0.3) is 0 Å². The lowest BCUT2D eigenvalue weighted by atomic mass is 11.3. The highest BCUT2D eigenvalue weighted by atomic mass is 127. The van der Waals surface area contributed by atoms with Crippen LogP contribution in [0.2, 0.25) is 0 Å². The van der Waals surface area contributed by atoms with Crippen molar-refractivity contribution >= 4 is 35.0 Å². The van der Waals surface area contributed by atoms with Crippen molar-refractivity contribution in [3.8, 4) is 0 Å². The topological polar surface area (TPSA) is 36.1 Å². The van der Waals surface area contributed by atoms with Gasteiger partial charge in [0.05, 0.1) is 6.67 Å². The molecule has 44 valence electrons. The molecule has 0 heterocycles. The molecule has 0 saturated heterocycles. The van der Waals surface area contributed by atoms with Crippen molar-refractivity contribution in [3.63, 3.8) is 0 Å². The van der Waals surface area contributed by atoms with E-state index < -0.39 is 0 Å². The van der Waals surface area contributed by atoms with E-state index in [2.05, 4.69) is 35.8 Å². The van der Waals surface area contributed by atoms with E-state index in [4.69, 9.17) is 0 Å². The zero-order chi connectivity index (χ0) is 5.54. The van der Waals surface area contributed by atoms with E-state index in [1.165, 1.54) is 12.1 Å². The van der Waals surface area contributed by atoms with E-state index in [-0.39, 0.29) is 0 Å². The van der Waals surface area contributed by atoms with Gasteiger partial charge < -0.3 is 0 Å². The van der Waals surface area contributed by atoms with Crippen molar-refractivity contribution in [2.75, 3.05) is 13.7 Å². The molecule has 0 aromatic carbocycles. The quantitative estimate of drug-likeness (QED) is 0.214. The van der Waals surface area contributed by atoms with Crippen LogP contribution in [0, 0.1) is 0 Å². The average Bonchev–Trinajstić information content (AvgIpc) is 1.69. The first-order chi connectivity index (χ1) is 3.41. The highest BCUT2D eigenvalue weighted by molar-refractivity contribution is 14.1. The molecule has 0 radical (unpaired) electrons. The predicted octanol–water partition coefficient (Wildman–Crippen LogP) is 0.256. The third kappa shape index (κ3) is 6.96. The van der Waals surface area contributed by atoms with E-state index in [0.717, 1.165) is 6.67 Å². The molecule has 0 aliphatic heterocycles. The molecule has 0 fully saturated rings. The Labute approximate surface area is 61.8 Å². The molecule has 7 heavy (non-hydrogen) atoms. The molecular formula is C2H8IN3S. The summed E-state index contributed by atoms with van der Waals surface area (Å²) in [7, 11) is 1.87. The molecule has 0 rings (SSSR count). The van der Waals surface area contributed by atoms with Crippen molar-refractivity contribution in [1.29, 1.82) is 0 Å². The third-order valence-corrected chi connectivity index (χ3v) is 1.19. The fourth-order valence-electron chi connectivity index (χ4n) is 0.136. The lowest BCUT2D eigenvalue weighted by Crippen LogP contribution is -2.18. The van der Waals surface area contributed by atoms with Gasteiger partial charge in [0.1, 0.15) is 0 Å². The minimum Gasteiger partial charge on any atom is -0.254 e. The van der Waals surface area contributed by atoms with Crippen LogP contribution in [0.15, 0.2) is 0 Å². The summed E-state index contributed by atoms with van der Waals surface area (Å²) in [5.41, 5.74) is 0. The molecule has 0 aliphatic rings. The summed E-state index contributed by atoms with van der Waals surface area (Å²) in [6.45, 7) is 0.812. The fraction of sp³-hybridized carbons (Fsp3) is 1.00. The van der Waals surface area contributed by atoms with E-state index >= 15 is 0 Å². The number of hydrogen-bond acceptors (Lipinski definition) is 4. The van der Waals surface area contributed by atoms with Gasteiger partial charge in [0.15, 0.2) is 0 Å². The van der Waals surface area contributed by atoms with Gasteiger partial charge in [-0.25, -0.2) is 8.25 Å². The Morgan fingerprint density at radius 3 is 2.86 bits per heavy atom. The summed E-state index contributed by atoms with van der Waals surface area (Å²) in [6.07, 6.45) is 0. The largest absolute Gasteiger partial charge is 0.254 e. The van der Waals surface area contributed by atoms with Gasteiger partial charge in [0.25, 0.3) is 0 Å². The maximum absolute atomic E-state index is 2.97. The molecule has 3 nitrogen and oxygen atoms in total. The van der Waals surface area contributed by atoms with E-state index in [9.17, 15) is 0 Å². The second-order valence-electron chi connectivity index (χ2n) is 0.761. The first-order valence-corrected chi connectivity index (χ1v) is 3.70. The third-order valence-electron chi connectivity index (χ3n) is 0.313. The first-order valence-electron chi connectivity index (χ1n) is 1.80. The first kappa shape index (κ1) is 7.96. The van der Waals surface area contributed by atoms with Gasteiger partial charge >= 0.3 is 0 Å². The molecule has 0 amide bonds. The summed E-state index contributed by atoms with van der Waals surface area (Å²) >= 11 is 3.54. The summed E-state index contributed by atoms with van der Waals surface area (Å²) < 4.78 is 8.74. The molecule has 0 aromatic heterocycles. The zero-order valence-corrected chi connectivity index (χ0v) is 6.97. The van der Waals surface area contributed by atoms with Crippen LogP contribution in [0.5, 0.6) is 0 Å². The van der Waals surface area contributed by atoms with E-state index in [1.807, 2.05) is 7.05 Å². The number of nitrogens with one attached hydrogen (secondary N) is 3. The molecular weight excluding hydrogens is 225 g/mol. The minimum atomic E-state index is 0.812. The van der Waals surface area contributed by atoms with Crippen molar-refractivity contribution < 1.29 is 0 Å². The number of halogens is 1. The Morgan fingerprint density at radius 2 is 2.43 bits per heavy atom. The van der Waals surface area contributed by atoms with Gasteiger partial charge in [0, 0.05) is 35.0 Å². The highest BCUT2D eigenvalue weighted by Crippen LogP contribution is 1.77. The van der Waals surface area contributed by atoms with Crippen LogP contribution in [-0.4, -0.2) is 13.7 Å². The van der Waals surface area contributed by atoms with Crippen molar-refractivity contribution in [1.82, 2.24) is 13.0 Å². The van der Waals surface area contributed by atoms with Gasteiger partial charge in [-0.05, 0) is 7.05 Å². The predicted molar refractivity (Wildman–Crippen MR) is 41.8 cm³/mol. The van der Waals surface area contributed by atoms with Crippen LogP contribution < -0.4 is 13.0 Å². The standard InChI is InChI=1S/C2H8IN3S/c1-4-7-6-2-5-3/h4-6H,2H2,1H3. The summed E-state index contributed by atoms with van der Waals surface area (Å²) in [6, 6.07) is 0. The number of hydrogen-bond donors (Lipinski definition) is 3. The van der Waals surface area contributed by atoms with Crippen LogP contribution in [0.1, 0.15) is 0 Å². The van der Waals surface area contributed by atoms with Crippen LogP contribution in [0.4, 0.5) is 0 Å². The monoisotopic (exact) mass is 233 g/mol. The molecule has 0 saturated carbocycles. The second-order valence-corrected chi connectivity index (χ2v) is 2.42. The molecule has 0 atom stereocenters. The van der Waals surface area contributed by atoms with Crippen LogP contribution >= 0.6 is 35.0 Å². The van der Waals surface area contributed by atoms with E-state index in [1.54, 1.807) is 0 Å². The van der Waals surface area contributed by atoms with Gasteiger partial charge in [-0.2, -0.15) is 0 Å². The minimum absolute atomic E-state index is 0.812. The van der Waals surface area contributed by atoms with Gasteiger partial charge in [-0.1, -0.05) is 0 Å². The molecule has 0 bridgehead atoms. The summed E-state index contributed by atoms with van der Waals surface area (Å²) in [5.74, 6) is 0. The molecule has 0 aromatic rings. The van der Waals surface area contributed by atoms with Crippen LogP contribution in [-0.2, 0) is 0 Å². The highest BCUT2D eigenvalue weighted by Gasteiger charge is 1.75. The lowest BCUT2D eigenvalue weighted by Gasteiger charge is -1.96. The summed E-state index contributed by atoms with van der Waals surface area (Å²) in [5, 5.41) is 0. The van der Waals surface area contributed by atoms with Crippen molar-refractivity contribution in [2.24, 2.45) is 0 Å². The Balaban J connectivity index is 2.45. The Bertz CT molecular complexity index is 32.1. The van der Waals surface area contributed by atoms with Gasteiger partial charge in [0.2, 0.25) is 0 Å². The number of rotatable bonds is 4. The van der Waals surface area contributed by atoms with Gasteiger partial charge in [-0.15, -0.1) is 0 Å². The van der Waals surface area contributed by atoms with Crippen molar-refractivity contribution in [2.45, 2.75) is 0 Å². The average molecular weight is 233 g/mol. The van der Waals surface area contributed by atoms with Crippen molar-refractivity contribution in [3.05, 3.63) is 0 Å². The Hall–Kier alpha value is 0.960. The molecule has 5 heteroatoms. The smallest absolute Gasteiger partial charge is 0.0651 e. The normalized spacial score (nSPS) is 9.43. The maximum Gasteiger partial charge on any atom is 0.0651 e. The second kappa shape index (κ2) is 6.96. The molecule has 0 spiro atoms. The SMILES string of the molecule is CNSNCNI. The molecule has 0 aliphatic carbocycles. The summed E-state index contributed by atoms with van der Waals surface area (Å²) in [4.78, 5) is 0. The maximum atomic E-state index is 2.97.